The molecule has 3 heteroatoms. The first-order valence-electron chi connectivity index (χ1n) is 6.03. The summed E-state index contributed by atoms with van der Waals surface area (Å²) in [6.07, 6.45) is 10.2. The Morgan fingerprint density at radius 2 is 1.80 bits per heavy atom. The van der Waals surface area contributed by atoms with Gasteiger partial charge in [0.1, 0.15) is 6.20 Å². The van der Waals surface area contributed by atoms with Gasteiger partial charge in [-0.2, -0.15) is 0 Å². The minimum absolute atomic E-state index is 0.510. The third-order valence-electron chi connectivity index (χ3n) is 3.24. The summed E-state index contributed by atoms with van der Waals surface area (Å²) < 4.78 is -0.555. The van der Waals surface area contributed by atoms with E-state index in [0.29, 0.717) is 6.54 Å². The van der Waals surface area contributed by atoms with E-state index in [1.165, 1.54) is 25.7 Å². The average molecular weight is 213 g/mol. The molecule has 0 aromatic heterocycles. The molecule has 1 N–H and O–H groups in total. The largest absolute Gasteiger partial charge is 0.625 e. The maximum Gasteiger partial charge on any atom is 0.227 e. The van der Waals surface area contributed by atoms with Crippen molar-refractivity contribution in [2.45, 2.75) is 58.1 Å². The Bertz CT molecular complexity index is 226. The van der Waals surface area contributed by atoms with Crippen LogP contribution in [0.4, 0.5) is 0 Å². The molecule has 0 fully saturated rings. The van der Waals surface area contributed by atoms with Gasteiger partial charge in [0.25, 0.3) is 0 Å². The molecule has 0 saturated heterocycles. The topological polar surface area (TPSA) is 43.3 Å². The van der Waals surface area contributed by atoms with Crippen LogP contribution in [0.25, 0.3) is 0 Å². The molecule has 0 aliphatic carbocycles. The third kappa shape index (κ3) is 3.03. The number of hydrogen-bond acceptors (Lipinski definition) is 2. The molecule has 0 aromatic carbocycles. The van der Waals surface area contributed by atoms with Crippen molar-refractivity contribution in [2.24, 2.45) is 0 Å². The van der Waals surface area contributed by atoms with Gasteiger partial charge in [0, 0.05) is 6.92 Å². The molecule has 0 amide bonds. The van der Waals surface area contributed by atoms with E-state index in [4.69, 9.17) is 0 Å². The van der Waals surface area contributed by atoms with Crippen LogP contribution >= 0.6 is 0 Å². The van der Waals surface area contributed by atoms with Crippen LogP contribution in [0, 0.1) is 5.21 Å². The van der Waals surface area contributed by atoms with E-state index in [9.17, 15) is 10.3 Å². The number of quaternary nitrogens is 1. The smallest absolute Gasteiger partial charge is 0.227 e. The SMILES string of the molecule is CCCCCCCC[N+]1([O-])C=CC1(C)O. The van der Waals surface area contributed by atoms with E-state index in [1.807, 2.05) is 0 Å². The molecular formula is C12H23NO2. The first-order chi connectivity index (χ1) is 7.02. The number of rotatable bonds is 7. The van der Waals surface area contributed by atoms with Crippen molar-refractivity contribution in [3.63, 3.8) is 0 Å². The summed E-state index contributed by atoms with van der Waals surface area (Å²) in [4.78, 5) is 0. The predicted molar refractivity (Wildman–Crippen MR) is 61.6 cm³/mol. The highest BCUT2D eigenvalue weighted by Crippen LogP contribution is 2.33. The van der Waals surface area contributed by atoms with Gasteiger partial charge in [-0.05, 0) is 12.8 Å². The number of unbranched alkanes of at least 4 members (excludes halogenated alkanes) is 5. The van der Waals surface area contributed by atoms with E-state index in [1.54, 1.807) is 19.2 Å². The van der Waals surface area contributed by atoms with Crippen molar-refractivity contribution >= 4 is 0 Å². The number of aliphatic hydroxyl groups is 1. The molecule has 1 aliphatic heterocycles. The second kappa shape index (κ2) is 5.10. The standard InChI is InChI=1S/C12H23NO2/c1-3-4-5-6-7-8-10-13(15)11-9-12(13,2)14/h9,11,14H,3-8,10H2,1-2H3. The predicted octanol–water partition coefficient (Wildman–Crippen LogP) is 2.90. The van der Waals surface area contributed by atoms with Crippen molar-refractivity contribution in [3.8, 4) is 0 Å². The lowest BCUT2D eigenvalue weighted by molar-refractivity contribution is -0.922. The third-order valence-corrected chi connectivity index (χ3v) is 3.24. The van der Waals surface area contributed by atoms with Crippen molar-refractivity contribution in [2.75, 3.05) is 6.54 Å². The first-order valence-corrected chi connectivity index (χ1v) is 6.03. The van der Waals surface area contributed by atoms with Crippen LogP contribution in [-0.4, -0.2) is 22.0 Å². The summed E-state index contributed by atoms with van der Waals surface area (Å²) >= 11 is 0. The molecule has 0 radical (unpaired) electrons. The zero-order valence-corrected chi connectivity index (χ0v) is 9.91. The highest BCUT2D eigenvalue weighted by Gasteiger charge is 2.43. The lowest BCUT2D eigenvalue weighted by atomic mass is 10.1. The van der Waals surface area contributed by atoms with E-state index >= 15 is 0 Å². The van der Waals surface area contributed by atoms with E-state index in [2.05, 4.69) is 6.92 Å². The lowest BCUT2D eigenvalue weighted by Crippen LogP contribution is -2.60. The second-order valence-corrected chi connectivity index (χ2v) is 4.70. The Hall–Kier alpha value is -0.380. The van der Waals surface area contributed by atoms with Gasteiger partial charge in [-0.1, -0.05) is 32.6 Å². The molecular weight excluding hydrogens is 190 g/mol. The minimum atomic E-state index is -1.18. The summed E-state index contributed by atoms with van der Waals surface area (Å²) in [5, 5.41) is 21.5. The highest BCUT2D eigenvalue weighted by atomic mass is 16.6. The van der Waals surface area contributed by atoms with Crippen LogP contribution in [0.1, 0.15) is 52.4 Å². The molecule has 2 unspecified atom stereocenters. The average Bonchev–Trinajstić information content (AvgIpc) is 2.21. The normalized spacial score (nSPS) is 34.1. The van der Waals surface area contributed by atoms with Crippen LogP contribution in [0.15, 0.2) is 12.3 Å². The molecule has 15 heavy (non-hydrogen) atoms. The lowest BCUT2D eigenvalue weighted by Gasteiger charge is -2.53. The maximum absolute atomic E-state index is 11.9. The fraction of sp³-hybridized carbons (Fsp3) is 0.833. The molecule has 88 valence electrons. The number of hydroxylamine groups is 3. The van der Waals surface area contributed by atoms with Crippen molar-refractivity contribution in [1.82, 2.24) is 0 Å². The monoisotopic (exact) mass is 213 g/mol. The Morgan fingerprint density at radius 1 is 1.20 bits per heavy atom. The van der Waals surface area contributed by atoms with E-state index in [-0.39, 0.29) is 0 Å². The Labute approximate surface area is 92.6 Å². The molecule has 0 aromatic rings. The van der Waals surface area contributed by atoms with Gasteiger partial charge in [-0.25, -0.2) is 0 Å². The Kier molecular flexibility index (Phi) is 4.32. The fourth-order valence-electron chi connectivity index (χ4n) is 1.88. The summed E-state index contributed by atoms with van der Waals surface area (Å²) in [5.41, 5.74) is -1.18. The summed E-state index contributed by atoms with van der Waals surface area (Å²) in [5.74, 6) is 0. The second-order valence-electron chi connectivity index (χ2n) is 4.70. The quantitative estimate of drug-likeness (QED) is 0.401. The Balaban J connectivity index is 2.09. The van der Waals surface area contributed by atoms with Gasteiger partial charge in [-0.3, -0.25) is 0 Å². The van der Waals surface area contributed by atoms with Crippen molar-refractivity contribution in [3.05, 3.63) is 17.5 Å². The molecule has 2 atom stereocenters. The maximum atomic E-state index is 11.9. The summed E-state index contributed by atoms with van der Waals surface area (Å²) in [6, 6.07) is 0. The van der Waals surface area contributed by atoms with Gasteiger partial charge in [0.2, 0.25) is 5.72 Å². The van der Waals surface area contributed by atoms with E-state index in [0.717, 1.165) is 12.8 Å². The first kappa shape index (κ1) is 12.7. The summed E-state index contributed by atoms with van der Waals surface area (Å²) in [7, 11) is 0. The molecule has 3 nitrogen and oxygen atoms in total. The van der Waals surface area contributed by atoms with Gasteiger partial charge >= 0.3 is 0 Å². The number of nitrogens with zero attached hydrogens (tertiary/aromatic N) is 1. The van der Waals surface area contributed by atoms with E-state index < -0.39 is 10.4 Å². The van der Waals surface area contributed by atoms with Crippen LogP contribution in [0.2, 0.25) is 0 Å². The van der Waals surface area contributed by atoms with Gasteiger partial charge in [-0.15, -0.1) is 0 Å². The van der Waals surface area contributed by atoms with Crippen LogP contribution < -0.4 is 0 Å². The molecule has 0 bridgehead atoms. The van der Waals surface area contributed by atoms with Crippen LogP contribution in [-0.2, 0) is 0 Å². The van der Waals surface area contributed by atoms with Crippen molar-refractivity contribution < 1.29 is 9.75 Å². The summed E-state index contributed by atoms with van der Waals surface area (Å²) in [6.45, 7) is 4.28. The molecule has 0 spiro atoms. The molecule has 1 heterocycles. The molecule has 0 saturated carbocycles. The zero-order valence-electron chi connectivity index (χ0n) is 9.91. The van der Waals surface area contributed by atoms with Crippen molar-refractivity contribution in [1.29, 1.82) is 0 Å². The zero-order chi connectivity index (χ0) is 11.4. The number of hydrogen-bond donors (Lipinski definition) is 1. The van der Waals surface area contributed by atoms with Crippen LogP contribution in [0.5, 0.6) is 0 Å². The van der Waals surface area contributed by atoms with Crippen LogP contribution in [0.3, 0.4) is 0 Å². The molecule has 1 aliphatic rings. The fourth-order valence-corrected chi connectivity index (χ4v) is 1.88. The molecule has 1 rings (SSSR count). The van der Waals surface area contributed by atoms with Gasteiger partial charge < -0.3 is 15.0 Å². The Morgan fingerprint density at radius 3 is 2.27 bits per heavy atom. The highest BCUT2D eigenvalue weighted by molar-refractivity contribution is 5.00. The minimum Gasteiger partial charge on any atom is -0.625 e. The van der Waals surface area contributed by atoms with Gasteiger partial charge in [0.15, 0.2) is 0 Å². The van der Waals surface area contributed by atoms with Gasteiger partial charge in [0.05, 0.1) is 12.6 Å².